The van der Waals surface area contributed by atoms with Gasteiger partial charge in [-0.3, -0.25) is 14.9 Å². The minimum absolute atomic E-state index is 0.0717. The van der Waals surface area contributed by atoms with Crippen LogP contribution in [0.2, 0.25) is 0 Å². The summed E-state index contributed by atoms with van der Waals surface area (Å²) in [7, 11) is -7.55. The molecule has 2 rings (SSSR count). The molecule has 0 saturated carbocycles. The standard InChI is InChI=1S/C19H24N4O7S2/c1-2-3-13-20-31(27,28)17-8-4-15(5-9-17)22-19(24)12-14-21-32(29,30)18-10-6-16(7-11-18)23(25)26/h4-11,20-21H,2-3,12-14H2,1H3,(H,22,24). The number of rotatable bonds is 12. The molecule has 2 aromatic carbocycles. The van der Waals surface area contributed by atoms with Gasteiger partial charge in [-0.1, -0.05) is 13.3 Å². The number of hydrogen-bond acceptors (Lipinski definition) is 7. The van der Waals surface area contributed by atoms with E-state index in [9.17, 15) is 31.7 Å². The highest BCUT2D eigenvalue weighted by Gasteiger charge is 2.16. The first-order chi connectivity index (χ1) is 15.0. The topological polar surface area (TPSA) is 165 Å². The molecular weight excluding hydrogens is 460 g/mol. The van der Waals surface area contributed by atoms with Crippen LogP contribution in [0.25, 0.3) is 0 Å². The Kier molecular flexibility index (Phi) is 8.83. The minimum Gasteiger partial charge on any atom is -0.326 e. The van der Waals surface area contributed by atoms with Crippen molar-refractivity contribution in [1.29, 1.82) is 0 Å². The van der Waals surface area contributed by atoms with Gasteiger partial charge in [-0.15, -0.1) is 0 Å². The lowest BCUT2D eigenvalue weighted by Gasteiger charge is -2.09. The van der Waals surface area contributed by atoms with Crippen molar-refractivity contribution in [2.45, 2.75) is 36.0 Å². The highest BCUT2D eigenvalue weighted by molar-refractivity contribution is 7.89. The summed E-state index contributed by atoms with van der Waals surface area (Å²) >= 11 is 0. The number of sulfonamides is 2. The number of hydrogen-bond donors (Lipinski definition) is 3. The number of amides is 1. The molecule has 0 atom stereocenters. The Morgan fingerprint density at radius 1 is 0.875 bits per heavy atom. The van der Waals surface area contributed by atoms with Gasteiger partial charge in [-0.05, 0) is 42.8 Å². The highest BCUT2D eigenvalue weighted by atomic mass is 32.2. The Balaban J connectivity index is 1.87. The van der Waals surface area contributed by atoms with Gasteiger partial charge in [0.05, 0.1) is 14.7 Å². The molecule has 0 aliphatic heterocycles. The lowest BCUT2D eigenvalue weighted by Crippen LogP contribution is -2.28. The predicted molar refractivity (Wildman–Crippen MR) is 118 cm³/mol. The summed E-state index contributed by atoms with van der Waals surface area (Å²) in [6.07, 6.45) is 1.41. The van der Waals surface area contributed by atoms with Crippen molar-refractivity contribution in [1.82, 2.24) is 9.44 Å². The molecule has 174 valence electrons. The SMILES string of the molecule is CCCCNS(=O)(=O)c1ccc(NC(=O)CCNS(=O)(=O)c2ccc([N+](=O)[O-])cc2)cc1. The van der Waals surface area contributed by atoms with Crippen LogP contribution >= 0.6 is 0 Å². The predicted octanol–water partition coefficient (Wildman–Crippen LogP) is 1.98. The second kappa shape index (κ2) is 11.1. The van der Waals surface area contributed by atoms with Crippen LogP contribution in [0.4, 0.5) is 11.4 Å². The molecule has 0 heterocycles. The molecule has 32 heavy (non-hydrogen) atoms. The number of carbonyl (C=O) groups excluding carboxylic acids is 1. The van der Waals surface area contributed by atoms with Gasteiger partial charge < -0.3 is 5.32 Å². The van der Waals surface area contributed by atoms with E-state index in [0.29, 0.717) is 12.2 Å². The normalized spacial score (nSPS) is 11.8. The van der Waals surface area contributed by atoms with E-state index in [1.54, 1.807) is 0 Å². The highest BCUT2D eigenvalue weighted by Crippen LogP contribution is 2.16. The fourth-order valence-electron chi connectivity index (χ4n) is 2.54. The van der Waals surface area contributed by atoms with Crippen molar-refractivity contribution < 1.29 is 26.6 Å². The molecule has 13 heteroatoms. The molecule has 0 unspecified atom stereocenters. The molecule has 1 amide bonds. The van der Waals surface area contributed by atoms with Crippen LogP contribution in [0, 0.1) is 10.1 Å². The third-order valence-electron chi connectivity index (χ3n) is 4.27. The maximum atomic E-state index is 12.2. The summed E-state index contributed by atoms with van der Waals surface area (Å²) in [6, 6.07) is 9.96. The third-order valence-corrected chi connectivity index (χ3v) is 7.23. The second-order valence-corrected chi connectivity index (χ2v) is 10.3. The van der Waals surface area contributed by atoms with Crippen LogP contribution in [0.15, 0.2) is 58.3 Å². The molecule has 0 aromatic heterocycles. The van der Waals surface area contributed by atoms with Crippen molar-refractivity contribution in [2.75, 3.05) is 18.4 Å². The summed E-state index contributed by atoms with van der Waals surface area (Å²) in [5.41, 5.74) is 0.125. The van der Waals surface area contributed by atoms with Gasteiger partial charge in [0.2, 0.25) is 26.0 Å². The Bertz CT molecular complexity index is 1150. The summed E-state index contributed by atoms with van der Waals surface area (Å²) in [5, 5.41) is 13.2. The molecule has 0 radical (unpaired) electrons. The molecule has 0 saturated heterocycles. The number of nitrogens with one attached hydrogen (secondary N) is 3. The molecule has 0 aliphatic carbocycles. The quantitative estimate of drug-likeness (QED) is 0.235. The Morgan fingerprint density at radius 2 is 1.38 bits per heavy atom. The van der Waals surface area contributed by atoms with Crippen LogP contribution in [0.1, 0.15) is 26.2 Å². The maximum Gasteiger partial charge on any atom is 0.269 e. The fraction of sp³-hybridized carbons (Fsp3) is 0.316. The van der Waals surface area contributed by atoms with Crippen molar-refractivity contribution in [3.63, 3.8) is 0 Å². The molecular formula is C19H24N4O7S2. The van der Waals surface area contributed by atoms with E-state index in [-0.39, 0.29) is 28.4 Å². The fourth-order valence-corrected chi connectivity index (χ4v) is 4.64. The Hall–Kier alpha value is -2.87. The van der Waals surface area contributed by atoms with Crippen molar-refractivity contribution in [3.05, 3.63) is 58.6 Å². The second-order valence-electron chi connectivity index (χ2n) is 6.72. The molecule has 2 aromatic rings. The van der Waals surface area contributed by atoms with Gasteiger partial charge in [-0.25, -0.2) is 26.3 Å². The van der Waals surface area contributed by atoms with E-state index in [0.717, 1.165) is 37.1 Å². The summed E-state index contributed by atoms with van der Waals surface area (Å²) in [6.45, 7) is 2.10. The van der Waals surface area contributed by atoms with E-state index in [2.05, 4.69) is 14.8 Å². The molecule has 0 spiro atoms. The van der Waals surface area contributed by atoms with E-state index < -0.39 is 30.9 Å². The number of nitrogens with zero attached hydrogens (tertiary/aromatic N) is 1. The number of anilines is 1. The monoisotopic (exact) mass is 484 g/mol. The summed E-state index contributed by atoms with van der Waals surface area (Å²) in [4.78, 5) is 22.0. The number of non-ortho nitro benzene ring substituents is 1. The van der Waals surface area contributed by atoms with Crippen LogP contribution in [0.3, 0.4) is 0 Å². The summed E-state index contributed by atoms with van der Waals surface area (Å²) < 4.78 is 53.4. The number of unbranched alkanes of at least 4 members (excludes halogenated alkanes) is 1. The summed E-state index contributed by atoms with van der Waals surface area (Å²) in [5.74, 6) is -0.479. The van der Waals surface area contributed by atoms with E-state index in [1.165, 1.54) is 24.3 Å². The molecule has 3 N–H and O–H groups in total. The number of carbonyl (C=O) groups is 1. The number of benzene rings is 2. The lowest BCUT2D eigenvalue weighted by molar-refractivity contribution is -0.384. The lowest BCUT2D eigenvalue weighted by atomic mass is 10.3. The minimum atomic E-state index is -3.93. The van der Waals surface area contributed by atoms with Crippen molar-refractivity contribution in [2.24, 2.45) is 0 Å². The zero-order chi connectivity index (χ0) is 23.8. The molecule has 11 nitrogen and oxygen atoms in total. The van der Waals surface area contributed by atoms with Gasteiger partial charge >= 0.3 is 0 Å². The van der Waals surface area contributed by atoms with Gasteiger partial charge in [0.25, 0.3) is 5.69 Å². The van der Waals surface area contributed by atoms with E-state index in [4.69, 9.17) is 0 Å². The van der Waals surface area contributed by atoms with Crippen molar-refractivity contribution >= 4 is 37.3 Å². The van der Waals surface area contributed by atoms with E-state index in [1.807, 2.05) is 6.92 Å². The maximum absolute atomic E-state index is 12.2. The Labute approximate surface area is 186 Å². The number of nitro benzene ring substituents is 1. The van der Waals surface area contributed by atoms with E-state index >= 15 is 0 Å². The molecule has 0 bridgehead atoms. The zero-order valence-electron chi connectivity index (χ0n) is 17.3. The van der Waals surface area contributed by atoms with Crippen LogP contribution < -0.4 is 14.8 Å². The zero-order valence-corrected chi connectivity index (χ0v) is 18.9. The van der Waals surface area contributed by atoms with Gasteiger partial charge in [-0.2, -0.15) is 0 Å². The van der Waals surface area contributed by atoms with Crippen LogP contribution in [-0.2, 0) is 24.8 Å². The van der Waals surface area contributed by atoms with Crippen LogP contribution in [0.5, 0.6) is 0 Å². The van der Waals surface area contributed by atoms with Gasteiger partial charge in [0, 0.05) is 37.3 Å². The average Bonchev–Trinajstić information content (AvgIpc) is 2.74. The molecule has 0 aliphatic rings. The number of nitro groups is 1. The first kappa shape index (κ1) is 25.4. The molecule has 0 fully saturated rings. The van der Waals surface area contributed by atoms with Crippen LogP contribution in [-0.4, -0.2) is 40.8 Å². The average molecular weight is 485 g/mol. The Morgan fingerprint density at radius 3 is 1.88 bits per heavy atom. The largest absolute Gasteiger partial charge is 0.326 e. The van der Waals surface area contributed by atoms with Gasteiger partial charge in [0.15, 0.2) is 0 Å². The van der Waals surface area contributed by atoms with Gasteiger partial charge in [0.1, 0.15) is 0 Å². The smallest absolute Gasteiger partial charge is 0.269 e. The van der Waals surface area contributed by atoms with Crippen molar-refractivity contribution in [3.8, 4) is 0 Å². The first-order valence-electron chi connectivity index (χ1n) is 9.69. The first-order valence-corrected chi connectivity index (χ1v) is 12.7. The third kappa shape index (κ3) is 7.37.